The Morgan fingerprint density at radius 1 is 1.06 bits per heavy atom. The molecule has 6 rings (SSSR count). The molecule has 26 heteroatoms. The van der Waals surface area contributed by atoms with Gasteiger partial charge in [0.25, 0.3) is 11.5 Å². The van der Waals surface area contributed by atoms with Crippen LogP contribution in [0.5, 0.6) is 0 Å². The lowest BCUT2D eigenvalue weighted by Gasteiger charge is -2.34. The van der Waals surface area contributed by atoms with Crippen molar-refractivity contribution in [1.29, 1.82) is 0 Å². The number of rotatable bonds is 11. The second-order valence-electron chi connectivity index (χ2n) is 10.6. The molecule has 4 aromatic rings. The highest BCUT2D eigenvalue weighted by atomic mass is 32.5. The van der Waals surface area contributed by atoms with Crippen molar-refractivity contribution in [3.05, 3.63) is 29.3 Å². The van der Waals surface area contributed by atoms with E-state index in [4.69, 9.17) is 46.3 Å². The predicted molar refractivity (Wildman–Crippen MR) is 162 cm³/mol. The third-order valence-electron chi connectivity index (χ3n) is 7.46. The summed E-state index contributed by atoms with van der Waals surface area (Å²) in [5.74, 6) is -3.70. The predicted octanol–water partition coefficient (Wildman–Crippen LogP) is -0.459. The SMILES string of the molecule is Nc1nc2c(ncn2[C@H]2CC(F)(F)[C@@H](COP(O)(=S)O[C@H]3C[C@H](n4cnc5c(N)ncnc54)O[C@]3(CO)COP(O)(O)=S)O2)c(=O)[nH]1. The first-order valence-electron chi connectivity index (χ1n) is 13.3. The van der Waals surface area contributed by atoms with Gasteiger partial charge in [-0.25, -0.2) is 28.7 Å². The molecule has 2 aliphatic heterocycles. The van der Waals surface area contributed by atoms with Crippen LogP contribution in [0.3, 0.4) is 0 Å². The Morgan fingerprint density at radius 2 is 1.77 bits per heavy atom. The van der Waals surface area contributed by atoms with E-state index in [2.05, 4.69) is 41.7 Å². The van der Waals surface area contributed by atoms with E-state index in [1.54, 1.807) is 0 Å². The quantitative estimate of drug-likeness (QED) is 0.0957. The maximum absolute atomic E-state index is 15.1. The highest BCUT2D eigenvalue weighted by Gasteiger charge is 2.55. The van der Waals surface area contributed by atoms with E-state index < -0.39 is 81.4 Å². The molecule has 0 amide bonds. The minimum atomic E-state index is -4.43. The number of nitrogen functional groups attached to an aromatic ring is 2. The highest BCUT2D eigenvalue weighted by molar-refractivity contribution is 8.07. The molecule has 0 spiro atoms. The Balaban J connectivity index is 1.20. The molecule has 0 aromatic carbocycles. The summed E-state index contributed by atoms with van der Waals surface area (Å²) < 4.78 is 60.2. The lowest BCUT2D eigenvalue weighted by atomic mass is 9.99. The number of anilines is 2. The molecule has 2 aliphatic rings. The zero-order chi connectivity index (χ0) is 33.9. The van der Waals surface area contributed by atoms with Gasteiger partial charge in [0.1, 0.15) is 42.1 Å². The molecule has 2 saturated heterocycles. The summed E-state index contributed by atoms with van der Waals surface area (Å²) >= 11 is 9.65. The van der Waals surface area contributed by atoms with E-state index in [9.17, 15) is 24.6 Å². The number of nitrogens with one attached hydrogen (secondary N) is 1. The summed E-state index contributed by atoms with van der Waals surface area (Å²) in [6.45, 7) is -11.3. The number of hydrogen-bond donors (Lipinski definition) is 7. The molecule has 47 heavy (non-hydrogen) atoms. The smallest absolute Gasteiger partial charge is 0.324 e. The molecular formula is C21H26F2N10O10P2S2. The van der Waals surface area contributed by atoms with Crippen LogP contribution in [0, 0.1) is 0 Å². The van der Waals surface area contributed by atoms with Crippen molar-refractivity contribution >= 4 is 71.1 Å². The molecule has 256 valence electrons. The normalized spacial score (nSPS) is 27.5. The third kappa shape index (κ3) is 6.79. The van der Waals surface area contributed by atoms with Crippen molar-refractivity contribution in [3.8, 4) is 0 Å². The van der Waals surface area contributed by atoms with Gasteiger partial charge in [0.15, 0.2) is 22.6 Å². The van der Waals surface area contributed by atoms with Gasteiger partial charge in [0, 0.05) is 6.42 Å². The zero-order valence-corrected chi connectivity index (χ0v) is 27.0. The molecule has 0 aliphatic carbocycles. The minimum absolute atomic E-state index is 0.0697. The number of imidazole rings is 2. The highest BCUT2D eigenvalue weighted by Crippen LogP contribution is 2.53. The third-order valence-corrected chi connectivity index (χ3v) is 9.82. The molecule has 4 aromatic heterocycles. The van der Waals surface area contributed by atoms with E-state index in [1.807, 2.05) is 0 Å². The van der Waals surface area contributed by atoms with Crippen molar-refractivity contribution in [1.82, 2.24) is 39.0 Å². The lowest BCUT2D eigenvalue weighted by molar-refractivity contribution is -0.143. The molecule has 6 heterocycles. The molecule has 1 unspecified atom stereocenters. The standard InChI is InChI=1S/C21H26F2N10O10P2S2/c22-21(23)2-12(33-8-29-14-17(33)30-19(25)31-18(14)35)41-10(21)3-39-45(38,47)43-9-1-11(42-20(9,4-34)5-40-44(36,37)46)32-7-28-13-15(24)26-6-27-16(13)32/h6-12,34H,1-5H2,(H,38,47)(H2,24,26,27)(H2,36,37,46)(H3,25,30,31,35)/t9-,10+,11+,12+,20+,45?/m0/s1. The minimum Gasteiger partial charge on any atom is -0.393 e. The zero-order valence-electron chi connectivity index (χ0n) is 23.6. The number of aromatic amines is 1. The number of aromatic nitrogens is 8. The first-order valence-corrected chi connectivity index (χ1v) is 18.6. The van der Waals surface area contributed by atoms with Gasteiger partial charge in [-0.15, -0.1) is 0 Å². The van der Waals surface area contributed by atoms with Crippen LogP contribution in [0.15, 0.2) is 23.8 Å². The number of aliphatic hydroxyl groups is 1. The number of ether oxygens (including phenoxy) is 2. The maximum atomic E-state index is 15.1. The van der Waals surface area contributed by atoms with Gasteiger partial charge in [0.2, 0.25) is 5.95 Å². The summed E-state index contributed by atoms with van der Waals surface area (Å²) in [5, 5.41) is 10.4. The van der Waals surface area contributed by atoms with E-state index >= 15 is 8.78 Å². The molecule has 0 radical (unpaired) electrons. The molecule has 9 N–H and O–H groups in total. The maximum Gasteiger partial charge on any atom is 0.324 e. The van der Waals surface area contributed by atoms with E-state index in [0.717, 1.165) is 10.9 Å². The van der Waals surface area contributed by atoms with Crippen LogP contribution in [0.4, 0.5) is 20.5 Å². The number of halogens is 2. The fraction of sp³-hybridized carbons (Fsp3) is 0.524. The molecule has 20 nitrogen and oxygen atoms in total. The summed E-state index contributed by atoms with van der Waals surface area (Å²) in [4.78, 5) is 64.7. The molecule has 0 saturated carbocycles. The number of alkyl halides is 2. The number of aliphatic hydroxyl groups excluding tert-OH is 1. The monoisotopic (exact) mass is 742 g/mol. The number of H-pyrrole nitrogens is 1. The van der Waals surface area contributed by atoms with Crippen molar-refractivity contribution < 1.29 is 51.6 Å². The lowest BCUT2D eigenvalue weighted by Crippen LogP contribution is -2.48. The fourth-order valence-corrected chi connectivity index (χ4v) is 7.25. The van der Waals surface area contributed by atoms with Gasteiger partial charge < -0.3 is 54.3 Å². The van der Waals surface area contributed by atoms with Crippen molar-refractivity contribution in [2.45, 2.75) is 49.0 Å². The first kappa shape index (κ1) is 34.2. The van der Waals surface area contributed by atoms with Gasteiger partial charge >= 0.3 is 13.4 Å². The van der Waals surface area contributed by atoms with Crippen molar-refractivity contribution in [2.24, 2.45) is 0 Å². The Kier molecular flexibility index (Phi) is 8.96. The van der Waals surface area contributed by atoms with E-state index in [-0.39, 0.29) is 40.5 Å². The first-order chi connectivity index (χ1) is 22.0. The van der Waals surface area contributed by atoms with Crippen LogP contribution in [0.1, 0.15) is 25.3 Å². The number of nitrogens with zero attached hydrogens (tertiary/aromatic N) is 7. The summed E-state index contributed by atoms with van der Waals surface area (Å²) in [7, 11) is 0. The summed E-state index contributed by atoms with van der Waals surface area (Å²) in [5.41, 5.74) is 9.08. The van der Waals surface area contributed by atoms with Gasteiger partial charge in [-0.05, 0) is 23.6 Å². The van der Waals surface area contributed by atoms with Crippen molar-refractivity contribution in [3.63, 3.8) is 0 Å². The summed E-state index contributed by atoms with van der Waals surface area (Å²) in [6.07, 6.45) is -3.19. The molecule has 2 fully saturated rings. The Labute approximate surface area is 271 Å². The number of nitrogens with two attached hydrogens (primary N) is 2. The Morgan fingerprint density at radius 3 is 2.47 bits per heavy atom. The molecular weight excluding hydrogens is 716 g/mol. The van der Waals surface area contributed by atoms with Gasteiger partial charge in [-0.1, -0.05) is 0 Å². The Bertz CT molecular complexity index is 1980. The van der Waals surface area contributed by atoms with E-state index in [1.165, 1.54) is 17.2 Å². The topological polar surface area (TPSA) is 286 Å². The number of hydrogen-bond acceptors (Lipinski definition) is 16. The second kappa shape index (κ2) is 12.3. The van der Waals surface area contributed by atoms with Crippen LogP contribution in [0.2, 0.25) is 0 Å². The van der Waals surface area contributed by atoms with Gasteiger partial charge in [-0.2, -0.15) is 4.98 Å². The van der Waals surface area contributed by atoms with E-state index in [0.29, 0.717) is 0 Å². The van der Waals surface area contributed by atoms with Crippen LogP contribution < -0.4 is 17.0 Å². The van der Waals surface area contributed by atoms with Crippen LogP contribution in [0.25, 0.3) is 22.3 Å². The fourth-order valence-electron chi connectivity index (χ4n) is 5.22. The van der Waals surface area contributed by atoms with Crippen LogP contribution in [-0.4, -0.2) is 102 Å². The van der Waals surface area contributed by atoms with Gasteiger partial charge in [-0.3, -0.25) is 18.9 Å². The average Bonchev–Trinajstić information content (AvgIpc) is 3.74. The Hall–Kier alpha value is -2.70. The average molecular weight is 743 g/mol. The largest absolute Gasteiger partial charge is 0.393 e. The van der Waals surface area contributed by atoms with Crippen LogP contribution >= 0.6 is 13.4 Å². The second-order valence-corrected chi connectivity index (χ2v) is 16.0. The van der Waals surface area contributed by atoms with Crippen molar-refractivity contribution in [2.75, 3.05) is 31.3 Å². The summed E-state index contributed by atoms with van der Waals surface area (Å²) in [6, 6.07) is 0. The van der Waals surface area contributed by atoms with Crippen LogP contribution in [-0.2, 0) is 46.7 Å². The molecule has 0 bridgehead atoms. The number of fused-ring (bicyclic) bond motifs is 2. The molecule has 6 atom stereocenters. The van der Waals surface area contributed by atoms with Gasteiger partial charge in [0.05, 0.1) is 38.9 Å².